The maximum Gasteiger partial charge on any atom is 0.335 e. The Bertz CT molecular complexity index is 1070. The van der Waals surface area contributed by atoms with E-state index in [4.69, 9.17) is 14.3 Å². The van der Waals surface area contributed by atoms with Crippen LogP contribution in [0.5, 0.6) is 5.75 Å². The van der Waals surface area contributed by atoms with Gasteiger partial charge in [-0.3, -0.25) is 0 Å². The largest absolute Gasteiger partial charge is 0.691 e. The summed E-state index contributed by atoms with van der Waals surface area (Å²) in [6, 6.07) is 27.7. The van der Waals surface area contributed by atoms with E-state index in [2.05, 4.69) is 34.5 Å². The normalized spacial score (nSPS) is 15.6. The average Bonchev–Trinajstić information content (AvgIpc) is 2.80. The molecule has 6 heteroatoms. The smallest absolute Gasteiger partial charge is 0.335 e. The minimum Gasteiger partial charge on any atom is -0.691 e. The van der Waals surface area contributed by atoms with Crippen LogP contribution in [0.4, 0.5) is 5.69 Å². The molecule has 0 saturated heterocycles. The molecule has 0 amide bonds. The summed E-state index contributed by atoms with van der Waals surface area (Å²) in [5, 5.41) is 8.80. The van der Waals surface area contributed by atoms with Crippen molar-refractivity contribution in [3.05, 3.63) is 96.4 Å². The third-order valence-corrected chi connectivity index (χ3v) is 5.24. The van der Waals surface area contributed by atoms with Gasteiger partial charge in [0, 0.05) is 5.71 Å². The molecule has 0 bridgehead atoms. The number of benzene rings is 3. The van der Waals surface area contributed by atoms with Gasteiger partial charge in [0.25, 0.3) is 0 Å². The molecule has 150 valence electrons. The first-order chi connectivity index (χ1) is 14.6. The summed E-state index contributed by atoms with van der Waals surface area (Å²) in [5.41, 5.74) is 4.22. The summed E-state index contributed by atoms with van der Waals surface area (Å²) in [6.45, 7) is 2.09. The van der Waals surface area contributed by atoms with Crippen molar-refractivity contribution in [2.45, 2.75) is 13.8 Å². The van der Waals surface area contributed by atoms with Gasteiger partial charge in [0.15, 0.2) is 0 Å². The summed E-state index contributed by atoms with van der Waals surface area (Å²) >= 11 is 0. The van der Waals surface area contributed by atoms with E-state index < -0.39 is 6.48 Å². The monoisotopic (exact) mass is 396 g/mol. The molecule has 0 N–H and O–H groups in total. The van der Waals surface area contributed by atoms with E-state index in [0.717, 1.165) is 28.1 Å². The fraction of sp³-hybridized carbons (Fsp3) is 0.125. The molecule has 1 heterocycles. The van der Waals surface area contributed by atoms with Gasteiger partial charge in [-0.2, -0.15) is 5.11 Å². The minimum atomic E-state index is -1.79. The van der Waals surface area contributed by atoms with Gasteiger partial charge in [0.05, 0.1) is 18.6 Å². The lowest BCUT2D eigenvalue weighted by atomic mass is 9.42. The van der Waals surface area contributed by atoms with Crippen molar-refractivity contribution in [3.8, 4) is 5.75 Å². The molecule has 3 aromatic rings. The van der Waals surface area contributed by atoms with Gasteiger partial charge < -0.3 is 14.3 Å². The van der Waals surface area contributed by atoms with Gasteiger partial charge in [0.2, 0.25) is 0 Å². The van der Waals surface area contributed by atoms with Gasteiger partial charge in [-0.1, -0.05) is 60.7 Å². The van der Waals surface area contributed by atoms with Crippen LogP contribution in [0.3, 0.4) is 0 Å². The predicted octanol–water partition coefficient (Wildman–Crippen LogP) is 4.76. The zero-order valence-electron chi connectivity index (χ0n) is 17.3. The summed E-state index contributed by atoms with van der Waals surface area (Å²) < 4.78 is 11.7. The lowest BCUT2D eigenvalue weighted by Gasteiger charge is -2.44. The Labute approximate surface area is 176 Å². The molecular weight excluding hydrogens is 373 g/mol. The number of ether oxygens (including phenoxy) is 1. The molecule has 0 unspecified atom stereocenters. The Morgan fingerprint density at radius 3 is 1.83 bits per heavy atom. The van der Waals surface area contributed by atoms with E-state index >= 15 is 0 Å². The molecule has 4 rings (SSSR count). The van der Waals surface area contributed by atoms with Crippen LogP contribution in [-0.2, 0) is 4.65 Å². The van der Waals surface area contributed by atoms with Gasteiger partial charge in [-0.15, -0.1) is 16.0 Å². The molecule has 0 spiro atoms. The van der Waals surface area contributed by atoms with E-state index in [1.54, 1.807) is 7.11 Å². The molecular formula is C24H23BN3O2-. The van der Waals surface area contributed by atoms with Gasteiger partial charge in [0.1, 0.15) is 11.4 Å². The van der Waals surface area contributed by atoms with Crippen molar-refractivity contribution >= 4 is 28.8 Å². The highest BCUT2D eigenvalue weighted by atomic mass is 16.5. The molecule has 5 nitrogen and oxygen atoms in total. The Kier molecular flexibility index (Phi) is 5.48. The number of rotatable bonds is 5. The molecule has 0 fully saturated rings. The molecule has 1 aliphatic heterocycles. The zero-order valence-corrected chi connectivity index (χ0v) is 17.3. The Morgan fingerprint density at radius 1 is 0.767 bits per heavy atom. The number of methoxy groups -OCH3 is 1. The average molecular weight is 396 g/mol. The molecule has 1 aliphatic rings. The highest BCUT2D eigenvalue weighted by Crippen LogP contribution is 2.26. The van der Waals surface area contributed by atoms with Crippen molar-refractivity contribution < 1.29 is 9.39 Å². The second kappa shape index (κ2) is 8.37. The lowest BCUT2D eigenvalue weighted by Crippen LogP contribution is -2.61. The minimum absolute atomic E-state index is 0.648. The second-order valence-corrected chi connectivity index (χ2v) is 7.20. The SMILES string of the molecule is COc1ccc(N=NC2=C(C)O[B-](c3ccccc3)(c3ccccc3)N=C2C)cc1. The summed E-state index contributed by atoms with van der Waals surface area (Å²) in [7, 11) is 1.64. The first-order valence-electron chi connectivity index (χ1n) is 9.90. The third-order valence-electron chi connectivity index (χ3n) is 5.24. The Balaban J connectivity index is 1.72. The maximum absolute atomic E-state index is 6.53. The number of allylic oxidation sites excluding steroid dienone is 2. The van der Waals surface area contributed by atoms with Crippen molar-refractivity contribution in [3.63, 3.8) is 0 Å². The maximum atomic E-state index is 6.53. The standard InChI is InChI=1S/C24H23BN3O2/c1-18-24(28-27-22-14-16-23(29-3)17-15-22)19(2)30-25(26-18,20-10-6-4-7-11-20)21-12-8-5-9-13-21/h4-17H,1-3H3/q-1. The van der Waals surface area contributed by atoms with Crippen LogP contribution in [0.15, 0.2) is 112 Å². The summed E-state index contributed by atoms with van der Waals surface area (Å²) in [5.74, 6) is 1.48. The van der Waals surface area contributed by atoms with Crippen molar-refractivity contribution in [1.29, 1.82) is 0 Å². The molecule has 0 saturated carbocycles. The fourth-order valence-electron chi connectivity index (χ4n) is 3.73. The summed E-state index contributed by atoms with van der Waals surface area (Å²) in [4.78, 5) is 5.05. The highest BCUT2D eigenvalue weighted by molar-refractivity contribution is 6.97. The van der Waals surface area contributed by atoms with E-state index in [1.807, 2.05) is 74.5 Å². The van der Waals surface area contributed by atoms with Gasteiger partial charge in [-0.05, 0) is 38.1 Å². The number of hydrogen-bond acceptors (Lipinski definition) is 5. The van der Waals surface area contributed by atoms with E-state index in [1.165, 1.54) is 0 Å². The van der Waals surface area contributed by atoms with Crippen LogP contribution in [0.2, 0.25) is 0 Å². The van der Waals surface area contributed by atoms with Crippen LogP contribution >= 0.6 is 0 Å². The second-order valence-electron chi connectivity index (χ2n) is 7.20. The molecule has 0 aromatic heterocycles. The lowest BCUT2D eigenvalue weighted by molar-refractivity contribution is 0.415. The summed E-state index contributed by atoms with van der Waals surface area (Å²) in [6.07, 6.45) is 0. The van der Waals surface area contributed by atoms with Gasteiger partial charge >= 0.3 is 6.48 Å². The molecule has 3 aromatic carbocycles. The van der Waals surface area contributed by atoms with Crippen molar-refractivity contribution in [2.75, 3.05) is 7.11 Å². The number of azo groups is 1. The predicted molar refractivity (Wildman–Crippen MR) is 122 cm³/mol. The quantitative estimate of drug-likeness (QED) is 0.461. The van der Waals surface area contributed by atoms with Crippen LogP contribution in [0.25, 0.3) is 0 Å². The van der Waals surface area contributed by atoms with Crippen LogP contribution in [0, 0.1) is 0 Å². The van der Waals surface area contributed by atoms with Crippen LogP contribution < -0.4 is 15.7 Å². The Morgan fingerprint density at radius 2 is 1.33 bits per heavy atom. The first kappa shape index (κ1) is 19.6. The van der Waals surface area contributed by atoms with Gasteiger partial charge in [-0.25, -0.2) is 0 Å². The highest BCUT2D eigenvalue weighted by Gasteiger charge is 2.35. The fourth-order valence-corrected chi connectivity index (χ4v) is 3.73. The van der Waals surface area contributed by atoms with E-state index in [0.29, 0.717) is 11.5 Å². The van der Waals surface area contributed by atoms with Crippen molar-refractivity contribution in [1.82, 2.24) is 0 Å². The van der Waals surface area contributed by atoms with Crippen molar-refractivity contribution in [2.24, 2.45) is 15.1 Å². The number of nitrogens with zero attached hydrogens (tertiary/aromatic N) is 3. The molecule has 0 atom stereocenters. The zero-order chi connectivity index (χ0) is 21.0. The number of hydrogen-bond donors (Lipinski definition) is 0. The topological polar surface area (TPSA) is 55.5 Å². The molecule has 0 aliphatic carbocycles. The van der Waals surface area contributed by atoms with E-state index in [9.17, 15) is 0 Å². The molecule has 30 heavy (non-hydrogen) atoms. The first-order valence-corrected chi connectivity index (χ1v) is 9.90. The van der Waals surface area contributed by atoms with Crippen LogP contribution in [-0.4, -0.2) is 19.3 Å². The molecule has 0 radical (unpaired) electrons. The van der Waals surface area contributed by atoms with E-state index in [-0.39, 0.29) is 0 Å². The Hall–Kier alpha value is -3.67. The van der Waals surface area contributed by atoms with Crippen LogP contribution in [0.1, 0.15) is 13.8 Å². The third kappa shape index (κ3) is 3.76.